The zero-order chi connectivity index (χ0) is 32.0. The van der Waals surface area contributed by atoms with Crippen LogP contribution in [0.2, 0.25) is 0 Å². The minimum atomic E-state index is -3.86. The number of hydrogen-bond donors (Lipinski definition) is 2. The highest BCUT2D eigenvalue weighted by Gasteiger charge is 2.33. The molecule has 0 saturated heterocycles. The Balaban J connectivity index is 1.33. The van der Waals surface area contributed by atoms with E-state index in [0.29, 0.717) is 25.4 Å². The first-order valence-corrected chi connectivity index (χ1v) is 16.4. The molecule has 0 saturated carbocycles. The number of ether oxygens (including phenoxy) is 2. The summed E-state index contributed by atoms with van der Waals surface area (Å²) in [6, 6.07) is 29.9. The number of nitrogens with one attached hydrogen (secondary N) is 1. The largest absolute Gasteiger partial charge is 0.488 e. The number of benzene rings is 4. The van der Waals surface area contributed by atoms with Crippen molar-refractivity contribution < 1.29 is 27.8 Å². The highest BCUT2D eigenvalue weighted by atomic mass is 32.2. The minimum absolute atomic E-state index is 0.0588. The van der Waals surface area contributed by atoms with Gasteiger partial charge in [-0.05, 0) is 74.1 Å². The van der Waals surface area contributed by atoms with E-state index < -0.39 is 16.1 Å². The van der Waals surface area contributed by atoms with Crippen molar-refractivity contribution in [2.24, 2.45) is 5.92 Å². The zero-order valence-electron chi connectivity index (χ0n) is 25.7. The molecule has 1 heterocycles. The van der Waals surface area contributed by atoms with Gasteiger partial charge in [-0.1, -0.05) is 55.5 Å². The Morgan fingerprint density at radius 3 is 2.29 bits per heavy atom. The lowest BCUT2D eigenvalue weighted by molar-refractivity contribution is 0.0341. The SMILES string of the molecule is C[C@H]1CN([C@@H](C)CO)C(=O)c2cc(NS(=O)(=O)c3ccccc3)ccc2O[C@H]1CN(C)Cc1ccc(Oc2ccccc2)cc1. The van der Waals surface area contributed by atoms with Gasteiger partial charge in [0.1, 0.15) is 23.4 Å². The summed E-state index contributed by atoms with van der Waals surface area (Å²) in [5, 5.41) is 9.98. The Kier molecular flexibility index (Phi) is 10.1. The second-order valence-electron chi connectivity index (χ2n) is 11.5. The van der Waals surface area contributed by atoms with Crippen molar-refractivity contribution in [1.82, 2.24) is 9.80 Å². The third-order valence-corrected chi connectivity index (χ3v) is 9.21. The fourth-order valence-corrected chi connectivity index (χ4v) is 6.36. The van der Waals surface area contributed by atoms with Gasteiger partial charge in [0, 0.05) is 31.2 Å². The molecule has 4 aromatic rings. The maximum absolute atomic E-state index is 13.8. The van der Waals surface area contributed by atoms with Crippen molar-refractivity contribution in [2.75, 3.05) is 31.5 Å². The summed E-state index contributed by atoms with van der Waals surface area (Å²) in [6.07, 6.45) is -0.289. The smallest absolute Gasteiger partial charge is 0.261 e. The molecule has 3 atom stereocenters. The van der Waals surface area contributed by atoms with Gasteiger partial charge in [-0.2, -0.15) is 0 Å². The standard InChI is InChI=1S/C35H39N3O6S/c1-25-21-38(26(2)24-39)35(40)32-20-28(36-45(41,42)31-12-8-5-9-13-31)16-19-33(32)44-34(25)23-37(3)22-27-14-17-30(18-15-27)43-29-10-6-4-7-11-29/h4-20,25-26,34,36,39H,21-24H2,1-3H3/t25-,26-,34-/m0/s1. The number of nitrogens with zero attached hydrogens (tertiary/aromatic N) is 2. The van der Waals surface area contributed by atoms with Gasteiger partial charge in [0.05, 0.1) is 23.1 Å². The minimum Gasteiger partial charge on any atom is -0.488 e. The first kappa shape index (κ1) is 32.0. The highest BCUT2D eigenvalue weighted by molar-refractivity contribution is 7.92. The maximum Gasteiger partial charge on any atom is 0.261 e. The normalized spacial score (nSPS) is 17.5. The molecule has 0 aromatic heterocycles. The van der Waals surface area contributed by atoms with Crippen molar-refractivity contribution in [3.05, 3.63) is 114 Å². The van der Waals surface area contributed by atoms with Crippen LogP contribution in [0.3, 0.4) is 0 Å². The number of carbonyl (C=O) groups is 1. The van der Waals surface area contributed by atoms with Gasteiger partial charge in [0.15, 0.2) is 0 Å². The molecule has 45 heavy (non-hydrogen) atoms. The van der Waals surface area contributed by atoms with Gasteiger partial charge < -0.3 is 19.5 Å². The van der Waals surface area contributed by atoms with Crippen LogP contribution in [0, 0.1) is 5.92 Å². The number of sulfonamides is 1. The lowest BCUT2D eigenvalue weighted by Crippen LogP contribution is -2.49. The first-order valence-electron chi connectivity index (χ1n) is 14.9. The maximum atomic E-state index is 13.8. The Bertz CT molecular complexity index is 1680. The van der Waals surface area contributed by atoms with E-state index in [4.69, 9.17) is 9.47 Å². The summed E-state index contributed by atoms with van der Waals surface area (Å²) in [6.45, 7) is 5.22. The van der Waals surface area contributed by atoms with Crippen LogP contribution in [-0.2, 0) is 16.6 Å². The third-order valence-electron chi connectivity index (χ3n) is 7.82. The number of rotatable bonds is 11. The van der Waals surface area contributed by atoms with Crippen molar-refractivity contribution in [1.29, 1.82) is 0 Å². The number of para-hydroxylation sites is 1. The number of hydrogen-bond acceptors (Lipinski definition) is 7. The molecule has 0 unspecified atom stereocenters. The number of anilines is 1. The third kappa shape index (κ3) is 8.02. The molecule has 10 heteroatoms. The van der Waals surface area contributed by atoms with E-state index in [-0.39, 0.29) is 40.7 Å². The molecule has 1 aliphatic heterocycles. The lowest BCUT2D eigenvalue weighted by Gasteiger charge is -2.38. The highest BCUT2D eigenvalue weighted by Crippen LogP contribution is 2.32. The lowest BCUT2D eigenvalue weighted by atomic mass is 9.99. The molecular formula is C35H39N3O6S. The molecule has 0 spiro atoms. The second-order valence-corrected chi connectivity index (χ2v) is 13.2. The molecule has 236 valence electrons. The summed E-state index contributed by atoms with van der Waals surface area (Å²) >= 11 is 0. The topological polar surface area (TPSA) is 108 Å². The molecule has 1 amide bonds. The Morgan fingerprint density at radius 2 is 1.62 bits per heavy atom. The average Bonchev–Trinajstić information content (AvgIpc) is 3.04. The molecule has 1 aliphatic rings. The summed E-state index contributed by atoms with van der Waals surface area (Å²) in [7, 11) is -1.84. The predicted octanol–water partition coefficient (Wildman–Crippen LogP) is 5.63. The van der Waals surface area contributed by atoms with Gasteiger partial charge >= 0.3 is 0 Å². The number of likely N-dealkylation sites (N-methyl/N-ethyl adjacent to an activating group) is 1. The van der Waals surface area contributed by atoms with Crippen LogP contribution < -0.4 is 14.2 Å². The number of aliphatic hydroxyl groups is 1. The van der Waals surface area contributed by atoms with E-state index in [1.807, 2.05) is 68.6 Å². The molecule has 0 bridgehead atoms. The van der Waals surface area contributed by atoms with Crippen LogP contribution in [0.15, 0.2) is 108 Å². The van der Waals surface area contributed by atoms with Crippen molar-refractivity contribution in [3.63, 3.8) is 0 Å². The van der Waals surface area contributed by atoms with Crippen LogP contribution in [0.5, 0.6) is 17.2 Å². The molecule has 9 nitrogen and oxygen atoms in total. The Morgan fingerprint density at radius 1 is 0.978 bits per heavy atom. The molecule has 0 radical (unpaired) electrons. The van der Waals surface area contributed by atoms with Crippen LogP contribution in [-0.4, -0.2) is 68.1 Å². The summed E-state index contributed by atoms with van der Waals surface area (Å²) in [5.74, 6) is 1.52. The molecule has 4 aromatic carbocycles. The van der Waals surface area contributed by atoms with Crippen molar-refractivity contribution in [2.45, 2.75) is 37.4 Å². The van der Waals surface area contributed by atoms with Gasteiger partial charge in [-0.25, -0.2) is 8.42 Å². The van der Waals surface area contributed by atoms with E-state index in [9.17, 15) is 18.3 Å². The fraction of sp³-hybridized carbons (Fsp3) is 0.286. The zero-order valence-corrected chi connectivity index (χ0v) is 26.5. The molecule has 0 fully saturated rings. The second kappa shape index (κ2) is 14.2. The van der Waals surface area contributed by atoms with Gasteiger partial charge in [0.2, 0.25) is 0 Å². The number of amides is 1. The molecule has 5 rings (SSSR count). The van der Waals surface area contributed by atoms with Gasteiger partial charge in [-0.3, -0.25) is 14.4 Å². The Hall–Kier alpha value is -4.38. The van der Waals surface area contributed by atoms with Crippen LogP contribution in [0.1, 0.15) is 29.8 Å². The molecule has 0 aliphatic carbocycles. The van der Waals surface area contributed by atoms with E-state index >= 15 is 0 Å². The van der Waals surface area contributed by atoms with E-state index in [1.54, 1.807) is 42.2 Å². The fourth-order valence-electron chi connectivity index (χ4n) is 5.29. The van der Waals surface area contributed by atoms with E-state index in [1.165, 1.54) is 18.2 Å². The first-order chi connectivity index (χ1) is 21.6. The van der Waals surface area contributed by atoms with E-state index in [2.05, 4.69) is 9.62 Å². The van der Waals surface area contributed by atoms with Gasteiger partial charge in [-0.15, -0.1) is 0 Å². The van der Waals surface area contributed by atoms with Gasteiger partial charge in [0.25, 0.3) is 15.9 Å². The number of aliphatic hydroxyl groups excluding tert-OH is 1. The predicted molar refractivity (Wildman–Crippen MR) is 174 cm³/mol. The summed E-state index contributed by atoms with van der Waals surface area (Å²) in [5.41, 5.74) is 1.59. The molecule has 2 N–H and O–H groups in total. The Labute approximate surface area is 265 Å². The van der Waals surface area contributed by atoms with Crippen LogP contribution in [0.25, 0.3) is 0 Å². The van der Waals surface area contributed by atoms with E-state index in [0.717, 1.165) is 17.1 Å². The number of carbonyl (C=O) groups excluding carboxylic acids is 1. The molecular weight excluding hydrogens is 590 g/mol. The average molecular weight is 630 g/mol. The van der Waals surface area contributed by atoms with Crippen LogP contribution in [0.4, 0.5) is 5.69 Å². The monoisotopic (exact) mass is 629 g/mol. The quantitative estimate of drug-likeness (QED) is 0.221. The van der Waals surface area contributed by atoms with Crippen molar-refractivity contribution >= 4 is 21.6 Å². The summed E-state index contributed by atoms with van der Waals surface area (Å²) < 4.78 is 40.9. The number of fused-ring (bicyclic) bond motifs is 1. The van der Waals surface area contributed by atoms with Crippen molar-refractivity contribution in [3.8, 4) is 17.2 Å². The van der Waals surface area contributed by atoms with Crippen LogP contribution >= 0.6 is 0 Å². The summed E-state index contributed by atoms with van der Waals surface area (Å²) in [4.78, 5) is 17.7.